The number of alkyl halides is 1. The highest BCUT2D eigenvalue weighted by Gasteiger charge is 2.46. The van der Waals surface area contributed by atoms with Gasteiger partial charge in [0.05, 0.1) is 6.67 Å². The van der Waals surface area contributed by atoms with Crippen molar-refractivity contribution in [3.63, 3.8) is 0 Å². The van der Waals surface area contributed by atoms with Gasteiger partial charge >= 0.3 is 0 Å². The molecule has 2 aliphatic rings. The summed E-state index contributed by atoms with van der Waals surface area (Å²) in [6.07, 6.45) is 2.90. The molecule has 2 unspecified atom stereocenters. The Bertz CT molecular complexity index is 318. The molecule has 96 valence electrons. The highest BCUT2D eigenvalue weighted by Crippen LogP contribution is 2.37. The zero-order valence-corrected chi connectivity index (χ0v) is 10.1. The van der Waals surface area contributed by atoms with Crippen LogP contribution in [0.5, 0.6) is 0 Å². The van der Waals surface area contributed by atoms with Gasteiger partial charge in [0.25, 0.3) is 0 Å². The summed E-state index contributed by atoms with van der Waals surface area (Å²) in [7, 11) is 0. The van der Waals surface area contributed by atoms with E-state index in [-0.39, 0.29) is 23.8 Å². The number of nitrogens with one attached hydrogen (secondary N) is 1. The van der Waals surface area contributed by atoms with Crippen molar-refractivity contribution < 1.29 is 14.0 Å². The Morgan fingerprint density at radius 3 is 2.65 bits per heavy atom. The van der Waals surface area contributed by atoms with E-state index in [9.17, 15) is 14.0 Å². The van der Waals surface area contributed by atoms with Crippen LogP contribution in [0, 0.1) is 5.92 Å². The third-order valence-electron chi connectivity index (χ3n) is 3.51. The third kappa shape index (κ3) is 2.42. The molecule has 0 aromatic rings. The fourth-order valence-corrected chi connectivity index (χ4v) is 2.43. The Kier molecular flexibility index (Phi) is 3.64. The van der Waals surface area contributed by atoms with Crippen LogP contribution in [0.25, 0.3) is 0 Å². The SMILES string of the molecule is CCC1NC(=O)C(C2CC2)N(CCCF)C1=O. The van der Waals surface area contributed by atoms with Gasteiger partial charge in [-0.2, -0.15) is 0 Å². The Hall–Kier alpha value is -1.13. The fraction of sp³-hybridized carbons (Fsp3) is 0.833. The van der Waals surface area contributed by atoms with E-state index < -0.39 is 12.7 Å². The number of hydrogen-bond donors (Lipinski definition) is 1. The van der Waals surface area contributed by atoms with E-state index in [4.69, 9.17) is 0 Å². The van der Waals surface area contributed by atoms with Gasteiger partial charge in [-0.05, 0) is 31.6 Å². The number of hydrogen-bond acceptors (Lipinski definition) is 2. The summed E-state index contributed by atoms with van der Waals surface area (Å²) in [6, 6.07) is -0.769. The first-order valence-corrected chi connectivity index (χ1v) is 6.35. The zero-order chi connectivity index (χ0) is 12.4. The van der Waals surface area contributed by atoms with Crippen LogP contribution in [0.3, 0.4) is 0 Å². The number of carbonyl (C=O) groups excluding carboxylic acids is 2. The summed E-state index contributed by atoms with van der Waals surface area (Å²) >= 11 is 0. The molecule has 1 N–H and O–H groups in total. The molecule has 1 aliphatic heterocycles. The molecule has 0 bridgehead atoms. The van der Waals surface area contributed by atoms with E-state index in [0.29, 0.717) is 19.4 Å². The maximum absolute atomic E-state index is 12.3. The summed E-state index contributed by atoms with van der Waals surface area (Å²) in [6.45, 7) is 1.79. The second-order valence-electron chi connectivity index (χ2n) is 4.83. The first-order valence-electron chi connectivity index (χ1n) is 6.35. The van der Waals surface area contributed by atoms with Crippen LogP contribution in [0.2, 0.25) is 0 Å². The average Bonchev–Trinajstić information content (AvgIpc) is 3.13. The van der Waals surface area contributed by atoms with E-state index in [2.05, 4.69) is 5.32 Å². The lowest BCUT2D eigenvalue weighted by Gasteiger charge is -2.39. The first kappa shape index (κ1) is 12.3. The summed E-state index contributed by atoms with van der Waals surface area (Å²) in [4.78, 5) is 25.7. The minimum absolute atomic E-state index is 0.0440. The van der Waals surface area contributed by atoms with Gasteiger partial charge in [-0.25, -0.2) is 0 Å². The largest absolute Gasteiger partial charge is 0.343 e. The van der Waals surface area contributed by atoms with E-state index in [1.165, 1.54) is 0 Å². The normalized spacial score (nSPS) is 29.4. The highest BCUT2D eigenvalue weighted by molar-refractivity contribution is 5.97. The lowest BCUT2D eigenvalue weighted by Crippen LogP contribution is -2.64. The molecule has 0 radical (unpaired) electrons. The van der Waals surface area contributed by atoms with Gasteiger partial charge in [0.15, 0.2) is 0 Å². The molecule has 2 rings (SSSR count). The van der Waals surface area contributed by atoms with Gasteiger partial charge < -0.3 is 10.2 Å². The molecule has 2 amide bonds. The fourth-order valence-electron chi connectivity index (χ4n) is 2.43. The molecule has 1 aliphatic carbocycles. The summed E-state index contributed by atoms with van der Waals surface area (Å²) in [5, 5.41) is 2.77. The standard InChI is InChI=1S/C12H19FN2O2/c1-2-9-12(17)15(7-3-6-13)10(8-4-5-8)11(16)14-9/h8-10H,2-7H2,1H3,(H,14,16). The molecule has 0 spiro atoms. The van der Waals surface area contributed by atoms with Crippen molar-refractivity contribution in [2.45, 2.75) is 44.7 Å². The van der Waals surface area contributed by atoms with Crippen molar-refractivity contribution in [2.24, 2.45) is 5.92 Å². The molecule has 0 aromatic heterocycles. The van der Waals surface area contributed by atoms with Crippen LogP contribution in [-0.2, 0) is 9.59 Å². The number of halogens is 1. The minimum Gasteiger partial charge on any atom is -0.343 e. The van der Waals surface area contributed by atoms with Crippen molar-refractivity contribution in [2.75, 3.05) is 13.2 Å². The average molecular weight is 242 g/mol. The molecule has 2 fully saturated rings. The molecular weight excluding hydrogens is 223 g/mol. The van der Waals surface area contributed by atoms with Crippen LogP contribution in [0.1, 0.15) is 32.6 Å². The maximum Gasteiger partial charge on any atom is 0.245 e. The number of rotatable bonds is 5. The van der Waals surface area contributed by atoms with E-state index in [1.54, 1.807) is 4.90 Å². The minimum atomic E-state index is -0.445. The molecule has 1 heterocycles. The van der Waals surface area contributed by atoms with Gasteiger partial charge in [0.2, 0.25) is 11.8 Å². The molecule has 5 heteroatoms. The Morgan fingerprint density at radius 2 is 2.12 bits per heavy atom. The zero-order valence-electron chi connectivity index (χ0n) is 10.1. The van der Waals surface area contributed by atoms with Gasteiger partial charge in [-0.15, -0.1) is 0 Å². The smallest absolute Gasteiger partial charge is 0.245 e. The van der Waals surface area contributed by atoms with Crippen molar-refractivity contribution in [3.8, 4) is 0 Å². The Labute approximate surface area is 101 Å². The molecule has 17 heavy (non-hydrogen) atoms. The van der Waals surface area contributed by atoms with Gasteiger partial charge in [0, 0.05) is 6.54 Å². The lowest BCUT2D eigenvalue weighted by molar-refractivity contribution is -0.150. The molecular formula is C12H19FN2O2. The van der Waals surface area contributed by atoms with Crippen molar-refractivity contribution in [1.29, 1.82) is 0 Å². The number of amides is 2. The lowest BCUT2D eigenvalue weighted by atomic mass is 10.0. The van der Waals surface area contributed by atoms with Gasteiger partial charge in [0.1, 0.15) is 12.1 Å². The Balaban J connectivity index is 2.12. The second-order valence-corrected chi connectivity index (χ2v) is 4.83. The molecule has 0 aromatic carbocycles. The highest BCUT2D eigenvalue weighted by atomic mass is 19.1. The molecule has 4 nitrogen and oxygen atoms in total. The molecule has 2 atom stereocenters. The van der Waals surface area contributed by atoms with E-state index >= 15 is 0 Å². The van der Waals surface area contributed by atoms with Crippen LogP contribution >= 0.6 is 0 Å². The van der Waals surface area contributed by atoms with E-state index in [0.717, 1.165) is 12.8 Å². The van der Waals surface area contributed by atoms with Crippen LogP contribution < -0.4 is 5.32 Å². The summed E-state index contributed by atoms with van der Waals surface area (Å²) < 4.78 is 12.3. The third-order valence-corrected chi connectivity index (χ3v) is 3.51. The van der Waals surface area contributed by atoms with Crippen molar-refractivity contribution in [1.82, 2.24) is 10.2 Å². The predicted octanol–water partition coefficient (Wildman–Crippen LogP) is 0.862. The Morgan fingerprint density at radius 1 is 1.41 bits per heavy atom. The quantitative estimate of drug-likeness (QED) is 0.777. The summed E-state index contributed by atoms with van der Waals surface area (Å²) in [5.41, 5.74) is 0. The summed E-state index contributed by atoms with van der Waals surface area (Å²) in [5.74, 6) is 0.187. The number of piperazine rings is 1. The first-order chi connectivity index (χ1) is 8.19. The van der Waals surface area contributed by atoms with Crippen LogP contribution in [0.15, 0.2) is 0 Å². The maximum atomic E-state index is 12.3. The number of carbonyl (C=O) groups is 2. The number of nitrogens with zero attached hydrogens (tertiary/aromatic N) is 1. The van der Waals surface area contributed by atoms with Gasteiger partial charge in [-0.3, -0.25) is 14.0 Å². The molecule has 1 saturated heterocycles. The van der Waals surface area contributed by atoms with E-state index in [1.807, 2.05) is 6.92 Å². The van der Waals surface area contributed by atoms with Crippen LogP contribution in [-0.4, -0.2) is 42.0 Å². The predicted molar refractivity (Wildman–Crippen MR) is 61.0 cm³/mol. The van der Waals surface area contributed by atoms with Crippen molar-refractivity contribution >= 4 is 11.8 Å². The van der Waals surface area contributed by atoms with Gasteiger partial charge in [-0.1, -0.05) is 6.92 Å². The van der Waals surface area contributed by atoms with Crippen molar-refractivity contribution in [3.05, 3.63) is 0 Å². The molecule has 1 saturated carbocycles. The second kappa shape index (κ2) is 5.02. The monoisotopic (exact) mass is 242 g/mol. The topological polar surface area (TPSA) is 49.4 Å². The van der Waals surface area contributed by atoms with Crippen LogP contribution in [0.4, 0.5) is 4.39 Å².